The van der Waals surface area contributed by atoms with Crippen LogP contribution < -0.4 is 15.8 Å². The summed E-state index contributed by atoms with van der Waals surface area (Å²) in [7, 11) is 0. The molecule has 2 aromatic carbocycles. The van der Waals surface area contributed by atoms with E-state index in [9.17, 15) is 8.78 Å². The van der Waals surface area contributed by atoms with E-state index in [0.29, 0.717) is 11.3 Å². The second-order valence-corrected chi connectivity index (χ2v) is 5.56. The number of aromatic nitrogens is 1. The Labute approximate surface area is 158 Å². The van der Waals surface area contributed by atoms with Crippen LogP contribution in [0.25, 0.3) is 0 Å². The van der Waals surface area contributed by atoms with Gasteiger partial charge in [-0.15, -0.1) is 0 Å². The number of benzene rings is 2. The van der Waals surface area contributed by atoms with E-state index in [1.165, 1.54) is 12.1 Å². The number of nitrogens with two attached hydrogens (primary N) is 1. The first kappa shape index (κ1) is 18.6. The van der Waals surface area contributed by atoms with E-state index in [1.807, 2.05) is 6.07 Å². The highest BCUT2D eigenvalue weighted by Crippen LogP contribution is 2.30. The van der Waals surface area contributed by atoms with Crippen LogP contribution >= 0.6 is 0 Å². The molecule has 1 heterocycles. The van der Waals surface area contributed by atoms with Gasteiger partial charge in [0.2, 0.25) is 11.6 Å². The lowest BCUT2D eigenvalue weighted by Crippen LogP contribution is -2.02. The maximum atomic E-state index is 14.1. The van der Waals surface area contributed by atoms with Crippen LogP contribution in [0.4, 0.5) is 26.0 Å². The number of nitrogens with zero attached hydrogens (tertiary/aromatic N) is 3. The minimum atomic E-state index is -0.991. The molecule has 3 aromatic rings. The summed E-state index contributed by atoms with van der Waals surface area (Å²) in [6.45, 7) is 0. The molecule has 0 saturated heterocycles. The van der Waals surface area contributed by atoms with Gasteiger partial charge in [0.1, 0.15) is 0 Å². The molecule has 0 bridgehead atoms. The quantitative estimate of drug-likeness (QED) is 0.347. The molecule has 0 saturated carbocycles. The molecule has 9 heteroatoms. The Bertz CT molecular complexity index is 1060. The number of nitrogens with one attached hydrogen (secondary N) is 1. The minimum absolute atomic E-state index is 0.0262. The minimum Gasteiger partial charge on any atom is -0.433 e. The van der Waals surface area contributed by atoms with E-state index in [1.54, 1.807) is 24.3 Å². The maximum Gasteiger partial charge on any atom is 0.221 e. The first-order chi connectivity index (χ1) is 13.5. The van der Waals surface area contributed by atoms with Crippen molar-refractivity contribution in [1.29, 1.82) is 5.26 Å². The topological polar surface area (TPSA) is 117 Å². The summed E-state index contributed by atoms with van der Waals surface area (Å²) in [6.07, 6.45) is 0.886. The van der Waals surface area contributed by atoms with Crippen molar-refractivity contribution in [1.82, 2.24) is 4.98 Å². The van der Waals surface area contributed by atoms with Gasteiger partial charge >= 0.3 is 0 Å². The van der Waals surface area contributed by atoms with Gasteiger partial charge in [-0.1, -0.05) is 5.16 Å². The van der Waals surface area contributed by atoms with Gasteiger partial charge in [-0.25, -0.2) is 8.78 Å². The molecule has 0 fully saturated rings. The fourth-order valence-corrected chi connectivity index (χ4v) is 2.30. The number of hydrogen-bond acceptors (Lipinski definition) is 7. The average Bonchev–Trinajstić information content (AvgIpc) is 2.68. The van der Waals surface area contributed by atoms with Crippen LogP contribution in [-0.4, -0.2) is 16.4 Å². The molecule has 7 nitrogen and oxygen atoms in total. The zero-order chi connectivity index (χ0) is 20.1. The molecule has 0 spiro atoms. The van der Waals surface area contributed by atoms with Crippen molar-refractivity contribution in [2.24, 2.45) is 5.16 Å². The summed E-state index contributed by atoms with van der Waals surface area (Å²) in [4.78, 5) is 4.12. The fourth-order valence-electron chi connectivity index (χ4n) is 2.30. The first-order valence-corrected chi connectivity index (χ1v) is 7.88. The van der Waals surface area contributed by atoms with E-state index in [-0.39, 0.29) is 22.9 Å². The number of anilines is 3. The maximum absolute atomic E-state index is 14.1. The van der Waals surface area contributed by atoms with Crippen LogP contribution in [0.2, 0.25) is 0 Å². The zero-order valence-corrected chi connectivity index (χ0v) is 14.2. The first-order valence-electron chi connectivity index (χ1n) is 7.88. The number of ether oxygens (including phenoxy) is 1. The second kappa shape index (κ2) is 8.01. The van der Waals surface area contributed by atoms with Gasteiger partial charge < -0.3 is 21.0 Å². The molecule has 140 valence electrons. The van der Waals surface area contributed by atoms with Gasteiger partial charge in [0, 0.05) is 17.3 Å². The summed E-state index contributed by atoms with van der Waals surface area (Å²) < 4.78 is 33.5. The molecule has 0 aliphatic carbocycles. The molecule has 0 radical (unpaired) electrons. The predicted molar refractivity (Wildman–Crippen MR) is 98.9 cm³/mol. The van der Waals surface area contributed by atoms with Gasteiger partial charge in [0.15, 0.2) is 17.5 Å². The van der Waals surface area contributed by atoms with Gasteiger partial charge in [-0.3, -0.25) is 0 Å². The highest BCUT2D eigenvalue weighted by Gasteiger charge is 2.15. The average molecular weight is 381 g/mol. The zero-order valence-electron chi connectivity index (χ0n) is 14.2. The molecule has 0 unspecified atom stereocenters. The highest BCUT2D eigenvalue weighted by atomic mass is 19.1. The normalized spacial score (nSPS) is 10.6. The molecule has 4 N–H and O–H groups in total. The molecule has 0 aliphatic rings. The molecule has 3 rings (SSSR count). The van der Waals surface area contributed by atoms with Gasteiger partial charge in [-0.2, -0.15) is 10.2 Å². The number of rotatable bonds is 5. The molecule has 1 aromatic heterocycles. The van der Waals surface area contributed by atoms with Crippen molar-refractivity contribution in [3.63, 3.8) is 0 Å². The van der Waals surface area contributed by atoms with Gasteiger partial charge in [0.25, 0.3) is 0 Å². The smallest absolute Gasteiger partial charge is 0.221 e. The number of pyridine rings is 1. The third-order valence-corrected chi connectivity index (χ3v) is 3.61. The number of hydrogen-bond donors (Lipinski definition) is 3. The van der Waals surface area contributed by atoms with Crippen LogP contribution in [0.15, 0.2) is 53.7 Å². The third kappa shape index (κ3) is 4.13. The van der Waals surface area contributed by atoms with Gasteiger partial charge in [0.05, 0.1) is 23.5 Å². The molecule has 0 atom stereocenters. The summed E-state index contributed by atoms with van der Waals surface area (Å²) in [5.41, 5.74) is 7.29. The SMILES string of the molecule is N#Cc1ccc(Nc2nc(Oc3c(F)cc(/C=N/O)cc3F)ccc2N)cc1. The van der Waals surface area contributed by atoms with E-state index in [2.05, 4.69) is 15.5 Å². The van der Waals surface area contributed by atoms with Crippen molar-refractivity contribution < 1.29 is 18.7 Å². The monoisotopic (exact) mass is 381 g/mol. The molecule has 0 amide bonds. The third-order valence-electron chi connectivity index (χ3n) is 3.61. The largest absolute Gasteiger partial charge is 0.433 e. The van der Waals surface area contributed by atoms with E-state index >= 15 is 0 Å². The fraction of sp³-hybridized carbons (Fsp3) is 0. The standard InChI is InChI=1S/C19H13F2N5O2/c20-14-7-12(10-24-27)8-15(21)18(14)28-17-6-5-16(23)19(26-17)25-13-3-1-11(9-22)2-4-13/h1-8,10,27H,23H2,(H,25,26)/b24-10+. The van der Waals surface area contributed by atoms with Crippen molar-refractivity contribution in [3.05, 3.63) is 71.3 Å². The molecular weight excluding hydrogens is 368 g/mol. The van der Waals surface area contributed by atoms with E-state index < -0.39 is 17.4 Å². The second-order valence-electron chi connectivity index (χ2n) is 5.56. The van der Waals surface area contributed by atoms with Crippen LogP contribution in [0.3, 0.4) is 0 Å². The molecule has 28 heavy (non-hydrogen) atoms. The Kier molecular flexibility index (Phi) is 5.32. The van der Waals surface area contributed by atoms with Crippen LogP contribution in [0.1, 0.15) is 11.1 Å². The van der Waals surface area contributed by atoms with E-state index in [0.717, 1.165) is 18.3 Å². The summed E-state index contributed by atoms with van der Waals surface area (Å²) in [5, 5.41) is 23.0. The number of nitrogen functional groups attached to an aromatic ring is 1. The lowest BCUT2D eigenvalue weighted by Gasteiger charge is -2.12. The highest BCUT2D eigenvalue weighted by molar-refractivity contribution is 5.79. The van der Waals surface area contributed by atoms with E-state index in [4.69, 9.17) is 20.9 Å². The van der Waals surface area contributed by atoms with Crippen LogP contribution in [-0.2, 0) is 0 Å². The number of halogens is 2. The van der Waals surface area contributed by atoms with Crippen molar-refractivity contribution in [2.75, 3.05) is 11.1 Å². The summed E-state index contributed by atoms with van der Waals surface area (Å²) >= 11 is 0. The Morgan fingerprint density at radius 3 is 2.43 bits per heavy atom. The number of oxime groups is 1. The van der Waals surface area contributed by atoms with Crippen LogP contribution in [0, 0.1) is 23.0 Å². The predicted octanol–water partition coefficient (Wildman–Crippen LogP) is 4.16. The number of nitriles is 1. The van der Waals surface area contributed by atoms with Crippen molar-refractivity contribution in [2.45, 2.75) is 0 Å². The van der Waals surface area contributed by atoms with Gasteiger partial charge in [-0.05, 0) is 42.5 Å². The Hall–Kier alpha value is -4.19. The summed E-state index contributed by atoms with van der Waals surface area (Å²) in [5.74, 6) is -2.51. The Balaban J connectivity index is 1.86. The lowest BCUT2D eigenvalue weighted by molar-refractivity contribution is 0.321. The van der Waals surface area contributed by atoms with Crippen LogP contribution in [0.5, 0.6) is 11.6 Å². The van der Waals surface area contributed by atoms with Crippen molar-refractivity contribution in [3.8, 4) is 17.7 Å². The molecular formula is C19H13F2N5O2. The van der Waals surface area contributed by atoms with Crippen molar-refractivity contribution >= 4 is 23.4 Å². The Morgan fingerprint density at radius 1 is 1.14 bits per heavy atom. The summed E-state index contributed by atoms with van der Waals surface area (Å²) in [6, 6.07) is 13.3. The lowest BCUT2D eigenvalue weighted by atomic mass is 10.2. The molecule has 0 aliphatic heterocycles. The Morgan fingerprint density at radius 2 is 1.82 bits per heavy atom.